The van der Waals surface area contributed by atoms with Crippen LogP contribution in [0.1, 0.15) is 16.7 Å². The lowest BCUT2D eigenvalue weighted by Crippen LogP contribution is -2.37. The predicted octanol–water partition coefficient (Wildman–Crippen LogP) is 5.50. The molecule has 10 heteroatoms. The summed E-state index contributed by atoms with van der Waals surface area (Å²) in [4.78, 5) is 12.6. The number of sulfonamides is 1. The first-order valence-electron chi connectivity index (χ1n) is 9.74. The fraction of sp³-hybridized carbons (Fsp3) is 0.174. The van der Waals surface area contributed by atoms with Gasteiger partial charge in [-0.05, 0) is 48.9 Å². The SMILES string of the molecule is Cc1ccc(S(=O)(=O)N(CC(=O)Nc2cccc(C(F)(F)F)c2)Cc2ccccc2Cl)cc1. The molecule has 0 aliphatic heterocycles. The maximum Gasteiger partial charge on any atom is 0.416 e. The zero-order valence-electron chi connectivity index (χ0n) is 17.4. The maximum absolute atomic E-state index is 13.3. The van der Waals surface area contributed by atoms with Crippen LogP contribution in [0.4, 0.5) is 18.9 Å². The second-order valence-electron chi connectivity index (χ2n) is 7.30. The van der Waals surface area contributed by atoms with Crippen molar-refractivity contribution in [3.05, 3.63) is 94.5 Å². The van der Waals surface area contributed by atoms with Crippen LogP contribution < -0.4 is 5.32 Å². The molecule has 0 atom stereocenters. The molecule has 1 amide bonds. The van der Waals surface area contributed by atoms with Gasteiger partial charge in [0.15, 0.2) is 0 Å². The number of halogens is 4. The van der Waals surface area contributed by atoms with E-state index < -0.39 is 34.2 Å². The second kappa shape index (κ2) is 9.94. The van der Waals surface area contributed by atoms with Crippen molar-refractivity contribution < 1.29 is 26.4 Å². The third-order valence-corrected chi connectivity index (χ3v) is 6.93. The Kier molecular flexibility index (Phi) is 7.46. The third kappa shape index (κ3) is 6.34. The molecule has 0 radical (unpaired) electrons. The number of amides is 1. The van der Waals surface area contributed by atoms with Gasteiger partial charge in [0.1, 0.15) is 0 Å². The van der Waals surface area contributed by atoms with Crippen LogP contribution in [-0.4, -0.2) is 25.2 Å². The van der Waals surface area contributed by atoms with Crippen molar-refractivity contribution in [3.63, 3.8) is 0 Å². The highest BCUT2D eigenvalue weighted by Gasteiger charge is 2.31. The van der Waals surface area contributed by atoms with Gasteiger partial charge in [-0.15, -0.1) is 0 Å². The van der Waals surface area contributed by atoms with Crippen molar-refractivity contribution in [2.24, 2.45) is 0 Å². The van der Waals surface area contributed by atoms with E-state index in [0.29, 0.717) is 10.6 Å². The molecule has 5 nitrogen and oxygen atoms in total. The second-order valence-corrected chi connectivity index (χ2v) is 9.65. The molecule has 0 saturated carbocycles. The topological polar surface area (TPSA) is 66.5 Å². The average molecular weight is 497 g/mol. The quantitative estimate of drug-likeness (QED) is 0.470. The number of anilines is 1. The van der Waals surface area contributed by atoms with Crippen molar-refractivity contribution in [2.75, 3.05) is 11.9 Å². The molecular formula is C23H20ClF3N2O3S. The fourth-order valence-corrected chi connectivity index (χ4v) is 4.61. The molecule has 0 unspecified atom stereocenters. The van der Waals surface area contributed by atoms with Gasteiger partial charge in [0.05, 0.1) is 17.0 Å². The number of rotatable bonds is 7. The van der Waals surface area contributed by atoms with E-state index in [1.807, 2.05) is 0 Å². The van der Waals surface area contributed by atoms with Gasteiger partial charge in [0, 0.05) is 17.3 Å². The highest BCUT2D eigenvalue weighted by Crippen LogP contribution is 2.30. The average Bonchev–Trinajstić information content (AvgIpc) is 2.74. The number of alkyl halides is 3. The summed E-state index contributed by atoms with van der Waals surface area (Å²) >= 11 is 6.18. The zero-order chi connectivity index (χ0) is 24.2. The highest BCUT2D eigenvalue weighted by atomic mass is 35.5. The predicted molar refractivity (Wildman–Crippen MR) is 120 cm³/mol. The van der Waals surface area contributed by atoms with Crippen molar-refractivity contribution in [1.29, 1.82) is 0 Å². The van der Waals surface area contributed by atoms with Gasteiger partial charge < -0.3 is 5.32 Å². The van der Waals surface area contributed by atoms with Crippen LogP contribution in [0.15, 0.2) is 77.7 Å². The first-order chi connectivity index (χ1) is 15.5. The summed E-state index contributed by atoms with van der Waals surface area (Å²) in [5.74, 6) is -0.794. The molecule has 174 valence electrons. The molecule has 0 bridgehead atoms. The Labute approximate surface area is 194 Å². The zero-order valence-corrected chi connectivity index (χ0v) is 19.0. The lowest BCUT2D eigenvalue weighted by Gasteiger charge is -2.22. The van der Waals surface area contributed by atoms with Crippen LogP contribution in [0.2, 0.25) is 5.02 Å². The number of aryl methyl sites for hydroxylation is 1. The summed E-state index contributed by atoms with van der Waals surface area (Å²) in [5.41, 5.74) is 0.302. The smallest absolute Gasteiger partial charge is 0.325 e. The minimum absolute atomic E-state index is 0.0213. The molecule has 1 N–H and O–H groups in total. The number of nitrogens with zero attached hydrogens (tertiary/aromatic N) is 1. The third-order valence-electron chi connectivity index (χ3n) is 4.76. The maximum atomic E-state index is 13.3. The van der Waals surface area contributed by atoms with Gasteiger partial charge in [-0.25, -0.2) is 8.42 Å². The van der Waals surface area contributed by atoms with E-state index in [9.17, 15) is 26.4 Å². The Morgan fingerprint density at radius 2 is 1.67 bits per heavy atom. The molecule has 0 saturated heterocycles. The number of carbonyl (C=O) groups excluding carboxylic acids is 1. The Balaban J connectivity index is 1.89. The molecule has 0 aliphatic rings. The Morgan fingerprint density at radius 3 is 2.30 bits per heavy atom. The number of nitrogens with one attached hydrogen (secondary N) is 1. The molecule has 0 heterocycles. The molecule has 0 aromatic heterocycles. The van der Waals surface area contributed by atoms with Gasteiger partial charge in [0.25, 0.3) is 0 Å². The van der Waals surface area contributed by atoms with Crippen LogP contribution in [0.5, 0.6) is 0 Å². The molecule has 0 fully saturated rings. The van der Waals surface area contributed by atoms with Crippen molar-refractivity contribution in [3.8, 4) is 0 Å². The number of carbonyl (C=O) groups is 1. The van der Waals surface area contributed by atoms with Gasteiger partial charge in [-0.1, -0.05) is 53.6 Å². The highest BCUT2D eigenvalue weighted by molar-refractivity contribution is 7.89. The van der Waals surface area contributed by atoms with E-state index in [0.717, 1.165) is 28.1 Å². The van der Waals surface area contributed by atoms with Crippen LogP contribution in [-0.2, 0) is 27.5 Å². The summed E-state index contributed by atoms with van der Waals surface area (Å²) in [5, 5.41) is 2.66. The van der Waals surface area contributed by atoms with Crippen LogP contribution >= 0.6 is 11.6 Å². The van der Waals surface area contributed by atoms with Crippen LogP contribution in [0.3, 0.4) is 0 Å². The Morgan fingerprint density at radius 1 is 1.00 bits per heavy atom. The summed E-state index contributed by atoms with van der Waals surface area (Å²) in [6, 6.07) is 16.8. The lowest BCUT2D eigenvalue weighted by molar-refractivity contribution is -0.137. The van der Waals surface area contributed by atoms with Gasteiger partial charge in [0.2, 0.25) is 15.9 Å². The first-order valence-corrected chi connectivity index (χ1v) is 11.6. The van der Waals surface area contributed by atoms with Gasteiger partial charge in [-0.3, -0.25) is 4.79 Å². The molecule has 0 spiro atoms. The van der Waals surface area contributed by atoms with Crippen molar-refractivity contribution in [2.45, 2.75) is 24.5 Å². The van der Waals surface area contributed by atoms with Crippen molar-refractivity contribution >= 4 is 33.2 Å². The Hall–Kier alpha value is -2.88. The van der Waals surface area contributed by atoms with Gasteiger partial charge in [-0.2, -0.15) is 17.5 Å². The number of hydrogen-bond acceptors (Lipinski definition) is 3. The lowest BCUT2D eigenvalue weighted by atomic mass is 10.2. The van der Waals surface area contributed by atoms with Crippen molar-refractivity contribution in [1.82, 2.24) is 4.31 Å². The Bertz CT molecular complexity index is 1250. The molecule has 0 aliphatic carbocycles. The minimum Gasteiger partial charge on any atom is -0.325 e. The van der Waals surface area contributed by atoms with E-state index in [-0.39, 0.29) is 17.1 Å². The first kappa shape index (κ1) is 24.8. The van der Waals surface area contributed by atoms with E-state index in [4.69, 9.17) is 11.6 Å². The molecule has 3 aromatic rings. The summed E-state index contributed by atoms with van der Waals surface area (Å²) in [6.45, 7) is 0.976. The standard InChI is InChI=1S/C23H20ClF3N2O3S/c1-16-9-11-20(12-10-16)33(31,32)29(14-17-5-2-3-8-21(17)24)15-22(30)28-19-7-4-6-18(13-19)23(25,26)27/h2-13H,14-15H2,1H3,(H,28,30). The summed E-state index contributed by atoms with van der Waals surface area (Å²) in [7, 11) is -4.12. The van der Waals surface area contributed by atoms with E-state index in [1.54, 1.807) is 43.3 Å². The molecule has 3 aromatic carbocycles. The van der Waals surface area contributed by atoms with Crippen LogP contribution in [0, 0.1) is 6.92 Å². The monoisotopic (exact) mass is 496 g/mol. The van der Waals surface area contributed by atoms with Gasteiger partial charge >= 0.3 is 6.18 Å². The summed E-state index contributed by atoms with van der Waals surface area (Å²) < 4.78 is 66.4. The van der Waals surface area contributed by atoms with E-state index in [1.165, 1.54) is 18.2 Å². The molecular weight excluding hydrogens is 477 g/mol. The normalized spacial score (nSPS) is 12.1. The van der Waals surface area contributed by atoms with E-state index in [2.05, 4.69) is 5.32 Å². The van der Waals surface area contributed by atoms with Crippen LogP contribution in [0.25, 0.3) is 0 Å². The van der Waals surface area contributed by atoms with E-state index >= 15 is 0 Å². The molecule has 3 rings (SSSR count). The largest absolute Gasteiger partial charge is 0.416 e. The summed E-state index contributed by atoms with van der Waals surface area (Å²) in [6.07, 6.45) is -4.58. The number of hydrogen-bond donors (Lipinski definition) is 1. The number of benzene rings is 3. The minimum atomic E-state index is -4.58. The fourth-order valence-electron chi connectivity index (χ4n) is 3.04. The molecule has 33 heavy (non-hydrogen) atoms.